The molecule has 0 aromatic rings. The summed E-state index contributed by atoms with van der Waals surface area (Å²) in [6.45, 7) is 4.30. The number of nitrogens with zero attached hydrogens (tertiary/aromatic N) is 1. The van der Waals surface area contributed by atoms with E-state index in [-0.39, 0.29) is 6.61 Å². The fourth-order valence-corrected chi connectivity index (χ4v) is 1.92. The molecule has 1 aliphatic heterocycles. The summed E-state index contributed by atoms with van der Waals surface area (Å²) in [5.74, 6) is -0.0781. The first kappa shape index (κ1) is 14.8. The lowest BCUT2D eigenvalue weighted by atomic mass is 10.0. The Morgan fingerprint density at radius 2 is 2.06 bits per heavy atom. The summed E-state index contributed by atoms with van der Waals surface area (Å²) >= 11 is 0. The van der Waals surface area contributed by atoms with Crippen LogP contribution in [0.25, 0.3) is 0 Å². The third kappa shape index (κ3) is 3.13. The Hall–Kier alpha value is -1.30. The monoisotopic (exact) mass is 259 g/mol. The van der Waals surface area contributed by atoms with Gasteiger partial charge in [-0.1, -0.05) is 20.3 Å². The van der Waals surface area contributed by atoms with E-state index in [1.54, 1.807) is 0 Å². The third-order valence-electron chi connectivity index (χ3n) is 3.25. The molecule has 1 rings (SSSR count). The van der Waals surface area contributed by atoms with Gasteiger partial charge in [-0.15, -0.1) is 0 Å². The van der Waals surface area contributed by atoms with Crippen LogP contribution < -0.4 is 0 Å². The van der Waals surface area contributed by atoms with Crippen molar-refractivity contribution in [3.63, 3.8) is 0 Å². The van der Waals surface area contributed by atoms with Gasteiger partial charge in [0.15, 0.2) is 6.04 Å². The number of rotatable bonds is 4. The van der Waals surface area contributed by atoms with Gasteiger partial charge in [-0.05, 0) is 12.3 Å². The van der Waals surface area contributed by atoms with Crippen LogP contribution in [-0.2, 0) is 19.0 Å². The van der Waals surface area contributed by atoms with Crippen LogP contribution >= 0.6 is 0 Å². The summed E-state index contributed by atoms with van der Waals surface area (Å²) in [6, 6.07) is -0.712. The first-order chi connectivity index (χ1) is 8.54. The van der Waals surface area contributed by atoms with Gasteiger partial charge in [0.25, 0.3) is 0 Å². The topological polar surface area (TPSA) is 65.1 Å². The van der Waals surface area contributed by atoms with Gasteiger partial charge in [0.2, 0.25) is 0 Å². The van der Waals surface area contributed by atoms with E-state index in [0.717, 1.165) is 6.42 Å². The molecule has 1 aliphatic rings. The summed E-state index contributed by atoms with van der Waals surface area (Å²) in [5, 5.41) is 0. The molecule has 0 aromatic carbocycles. The second-order valence-electron chi connectivity index (χ2n) is 4.45. The minimum absolute atomic E-state index is 0.156. The van der Waals surface area contributed by atoms with Crippen molar-refractivity contribution in [2.75, 3.05) is 20.8 Å². The third-order valence-corrected chi connectivity index (χ3v) is 3.25. The average Bonchev–Trinajstić information content (AvgIpc) is 2.80. The Labute approximate surface area is 107 Å². The van der Waals surface area contributed by atoms with Crippen molar-refractivity contribution < 1.29 is 23.8 Å². The summed E-state index contributed by atoms with van der Waals surface area (Å²) in [6.07, 6.45) is 0.685. The van der Waals surface area contributed by atoms with E-state index in [1.165, 1.54) is 19.1 Å². The molecule has 1 amide bonds. The van der Waals surface area contributed by atoms with Gasteiger partial charge < -0.3 is 14.2 Å². The molecule has 1 saturated heterocycles. The van der Waals surface area contributed by atoms with Crippen LogP contribution in [0.15, 0.2) is 0 Å². The fraction of sp³-hybridized carbons (Fsp3) is 0.833. The zero-order valence-electron chi connectivity index (χ0n) is 11.3. The number of esters is 1. The van der Waals surface area contributed by atoms with Crippen LogP contribution in [0, 0.1) is 5.92 Å². The molecular formula is C12H21NO5. The highest BCUT2D eigenvalue weighted by atomic mass is 16.6. The molecule has 0 N–H and O–H groups in total. The van der Waals surface area contributed by atoms with E-state index in [9.17, 15) is 9.59 Å². The van der Waals surface area contributed by atoms with Gasteiger partial charge in [0.05, 0.1) is 20.8 Å². The normalized spacial score (nSPS) is 24.8. The number of hydrogen-bond acceptors (Lipinski definition) is 5. The molecule has 0 bridgehead atoms. The zero-order valence-corrected chi connectivity index (χ0v) is 11.3. The predicted octanol–water partition coefficient (Wildman–Crippen LogP) is 1.39. The highest BCUT2D eigenvalue weighted by Crippen LogP contribution is 2.25. The minimum Gasteiger partial charge on any atom is -0.467 e. The molecule has 0 aliphatic carbocycles. The van der Waals surface area contributed by atoms with E-state index >= 15 is 0 Å². The molecule has 0 saturated carbocycles. The molecule has 0 spiro atoms. The van der Waals surface area contributed by atoms with Crippen molar-refractivity contribution in [2.45, 2.75) is 39.0 Å². The fourth-order valence-electron chi connectivity index (χ4n) is 1.92. The predicted molar refractivity (Wildman–Crippen MR) is 63.9 cm³/mol. The largest absolute Gasteiger partial charge is 0.467 e. The second kappa shape index (κ2) is 6.58. The first-order valence-corrected chi connectivity index (χ1v) is 6.10. The number of hydrogen-bond donors (Lipinski definition) is 0. The van der Waals surface area contributed by atoms with Crippen molar-refractivity contribution in [1.82, 2.24) is 4.90 Å². The number of ether oxygens (including phenoxy) is 3. The van der Waals surface area contributed by atoms with Crippen molar-refractivity contribution in [3.05, 3.63) is 0 Å². The number of carbonyl (C=O) groups excluding carboxylic acids is 2. The van der Waals surface area contributed by atoms with Gasteiger partial charge in [0, 0.05) is 0 Å². The molecule has 0 aromatic heterocycles. The van der Waals surface area contributed by atoms with Crippen LogP contribution in [-0.4, -0.2) is 50.1 Å². The standard InChI is InChI=1S/C12H21NO5/c1-5-8(2)6-10-13(12(15)17-4)9(7-18-10)11(14)16-3/h8-10H,5-7H2,1-4H3/t8?,9-,10+/m0/s1. The first-order valence-electron chi connectivity index (χ1n) is 6.10. The molecule has 6 heteroatoms. The molecular weight excluding hydrogens is 238 g/mol. The quantitative estimate of drug-likeness (QED) is 0.714. The second-order valence-corrected chi connectivity index (χ2v) is 4.45. The van der Waals surface area contributed by atoms with E-state index in [4.69, 9.17) is 9.47 Å². The Morgan fingerprint density at radius 3 is 2.56 bits per heavy atom. The summed E-state index contributed by atoms with van der Waals surface area (Å²) in [4.78, 5) is 24.7. The molecule has 1 unspecified atom stereocenters. The van der Waals surface area contributed by atoms with E-state index in [2.05, 4.69) is 18.6 Å². The zero-order chi connectivity index (χ0) is 13.7. The van der Waals surface area contributed by atoms with E-state index < -0.39 is 24.3 Å². The molecule has 6 nitrogen and oxygen atoms in total. The summed E-state index contributed by atoms with van der Waals surface area (Å²) in [5.41, 5.74) is 0. The molecule has 104 valence electrons. The van der Waals surface area contributed by atoms with Gasteiger partial charge in [0.1, 0.15) is 6.23 Å². The summed E-state index contributed by atoms with van der Waals surface area (Å²) in [7, 11) is 2.58. The SMILES string of the molecule is CCC(C)C[C@H]1OC[C@@H](C(=O)OC)N1C(=O)OC. The van der Waals surface area contributed by atoms with Gasteiger partial charge >= 0.3 is 12.1 Å². The number of amides is 1. The van der Waals surface area contributed by atoms with Crippen molar-refractivity contribution >= 4 is 12.1 Å². The Kier molecular flexibility index (Phi) is 5.40. The maximum atomic E-state index is 11.7. The lowest BCUT2D eigenvalue weighted by Gasteiger charge is -2.26. The van der Waals surface area contributed by atoms with Crippen LogP contribution in [0.4, 0.5) is 4.79 Å². The highest BCUT2D eigenvalue weighted by molar-refractivity contribution is 5.82. The molecule has 18 heavy (non-hydrogen) atoms. The van der Waals surface area contributed by atoms with Gasteiger partial charge in [-0.2, -0.15) is 0 Å². The van der Waals surface area contributed by atoms with Crippen LogP contribution in [0.3, 0.4) is 0 Å². The Balaban J connectivity index is 2.79. The molecule has 1 fully saturated rings. The maximum Gasteiger partial charge on any atom is 0.412 e. The average molecular weight is 259 g/mol. The Bertz CT molecular complexity index is 307. The lowest BCUT2D eigenvalue weighted by Crippen LogP contribution is -2.46. The van der Waals surface area contributed by atoms with E-state index in [1.807, 2.05) is 0 Å². The van der Waals surface area contributed by atoms with Gasteiger partial charge in [-0.3, -0.25) is 4.90 Å². The lowest BCUT2D eigenvalue weighted by molar-refractivity contribution is -0.145. The smallest absolute Gasteiger partial charge is 0.412 e. The van der Waals surface area contributed by atoms with Crippen molar-refractivity contribution in [1.29, 1.82) is 0 Å². The van der Waals surface area contributed by atoms with Crippen LogP contribution in [0.2, 0.25) is 0 Å². The number of methoxy groups -OCH3 is 2. The van der Waals surface area contributed by atoms with Crippen LogP contribution in [0.1, 0.15) is 26.7 Å². The Morgan fingerprint density at radius 1 is 1.39 bits per heavy atom. The molecule has 0 radical (unpaired) electrons. The molecule has 3 atom stereocenters. The van der Waals surface area contributed by atoms with Crippen molar-refractivity contribution in [2.24, 2.45) is 5.92 Å². The van der Waals surface area contributed by atoms with Gasteiger partial charge in [-0.25, -0.2) is 9.59 Å². The minimum atomic E-state index is -0.712. The van der Waals surface area contributed by atoms with Crippen LogP contribution in [0.5, 0.6) is 0 Å². The number of carbonyl (C=O) groups is 2. The highest BCUT2D eigenvalue weighted by Gasteiger charge is 2.43. The summed E-state index contributed by atoms with van der Waals surface area (Å²) < 4.78 is 14.9. The van der Waals surface area contributed by atoms with Crippen molar-refractivity contribution in [3.8, 4) is 0 Å². The van der Waals surface area contributed by atoms with E-state index in [0.29, 0.717) is 12.3 Å². The molecule has 1 heterocycles. The maximum absolute atomic E-state index is 11.7.